The first kappa shape index (κ1) is 25.6. The van der Waals surface area contributed by atoms with Crippen LogP contribution >= 0.6 is 0 Å². The van der Waals surface area contributed by atoms with Crippen LogP contribution in [0.25, 0.3) is 10.9 Å². The number of benzene rings is 2. The minimum atomic E-state index is -2.67. The molecule has 1 aromatic heterocycles. The molecule has 2 atom stereocenters. The quantitative estimate of drug-likeness (QED) is 0.355. The minimum absolute atomic E-state index is 0.0459. The van der Waals surface area contributed by atoms with Crippen LogP contribution in [0.4, 0.5) is 22.0 Å². The molecule has 2 fully saturated rings. The highest BCUT2D eigenvalue weighted by atomic mass is 19.3. The van der Waals surface area contributed by atoms with Gasteiger partial charge in [0.25, 0.3) is 0 Å². The Morgan fingerprint density at radius 2 is 1.82 bits per heavy atom. The lowest BCUT2D eigenvalue weighted by molar-refractivity contribution is -0.120. The zero-order valence-corrected chi connectivity index (χ0v) is 21.3. The van der Waals surface area contributed by atoms with E-state index in [4.69, 9.17) is 4.74 Å². The molecule has 3 heterocycles. The topological polar surface area (TPSA) is 31.5 Å². The number of likely N-dealkylation sites (tertiary alicyclic amines) is 1. The number of aromatic amines is 1. The molecule has 0 bridgehead atoms. The molecule has 4 nitrogen and oxygen atoms in total. The number of aromatic nitrogens is 1. The maximum atomic E-state index is 16.1. The van der Waals surface area contributed by atoms with Crippen molar-refractivity contribution in [1.82, 2.24) is 14.8 Å². The summed E-state index contributed by atoms with van der Waals surface area (Å²) >= 11 is 0. The van der Waals surface area contributed by atoms with Crippen molar-refractivity contribution in [3.63, 3.8) is 0 Å². The molecule has 2 aliphatic heterocycles. The Morgan fingerprint density at radius 3 is 2.55 bits per heavy atom. The molecule has 6 rings (SSSR count). The number of para-hydroxylation sites is 1. The summed E-state index contributed by atoms with van der Waals surface area (Å²) in [5, 5.41) is 1.00. The summed E-state index contributed by atoms with van der Waals surface area (Å²) in [4.78, 5) is 7.40. The highest BCUT2D eigenvalue weighted by molar-refractivity contribution is 5.85. The van der Waals surface area contributed by atoms with Gasteiger partial charge in [0.2, 0.25) is 5.92 Å². The average Bonchev–Trinajstić information content (AvgIpc) is 3.20. The molecule has 0 unspecified atom stereocenters. The van der Waals surface area contributed by atoms with Gasteiger partial charge >= 0.3 is 0 Å². The summed E-state index contributed by atoms with van der Waals surface area (Å²) < 4.78 is 77.4. The molecule has 0 amide bonds. The van der Waals surface area contributed by atoms with Crippen molar-refractivity contribution in [2.24, 2.45) is 11.8 Å². The van der Waals surface area contributed by atoms with Gasteiger partial charge in [-0.3, -0.25) is 14.2 Å². The van der Waals surface area contributed by atoms with Crippen molar-refractivity contribution in [2.75, 3.05) is 39.5 Å². The van der Waals surface area contributed by atoms with E-state index in [0.717, 1.165) is 16.5 Å². The Balaban J connectivity index is 1.34. The second-order valence-electron chi connectivity index (χ2n) is 11.2. The maximum Gasteiger partial charge on any atom is 0.248 e. The standard InChI is InChI=1S/C29H32F5N3O/c1-17-10-21-20-4-2-3-5-23(20)35-27(21)28(37(17)16-18-11-29(33,34)12-18)25-22(31)6-7-24(26(25)32)38-9-8-36-14-19(13-30)15-36/h2-7,17-19,28,35H,8-16H2,1H3/t17-,28-/m1/s1. The fourth-order valence-corrected chi connectivity index (χ4v) is 6.47. The van der Waals surface area contributed by atoms with E-state index in [0.29, 0.717) is 38.3 Å². The second-order valence-corrected chi connectivity index (χ2v) is 11.2. The van der Waals surface area contributed by atoms with Crippen LogP contribution in [0.15, 0.2) is 36.4 Å². The fourth-order valence-electron chi connectivity index (χ4n) is 6.47. The lowest BCUT2D eigenvalue weighted by Crippen LogP contribution is -2.49. The van der Waals surface area contributed by atoms with Gasteiger partial charge < -0.3 is 9.72 Å². The Kier molecular flexibility index (Phi) is 6.63. The Hall–Kier alpha value is -2.65. The first-order valence-corrected chi connectivity index (χ1v) is 13.4. The van der Waals surface area contributed by atoms with Crippen LogP contribution in [0.3, 0.4) is 0 Å². The Morgan fingerprint density at radius 1 is 1.05 bits per heavy atom. The van der Waals surface area contributed by atoms with Gasteiger partial charge in [-0.05, 0) is 43.0 Å². The average molecular weight is 534 g/mol. The van der Waals surface area contributed by atoms with Crippen LogP contribution in [-0.2, 0) is 6.42 Å². The van der Waals surface area contributed by atoms with Crippen LogP contribution in [-0.4, -0.2) is 66.2 Å². The number of H-pyrrole nitrogens is 1. The number of hydrogen-bond donors (Lipinski definition) is 1. The van der Waals surface area contributed by atoms with E-state index in [1.807, 2.05) is 41.0 Å². The molecule has 9 heteroatoms. The Labute approximate surface area is 218 Å². The van der Waals surface area contributed by atoms with E-state index < -0.39 is 23.6 Å². The van der Waals surface area contributed by atoms with Gasteiger partial charge in [0.15, 0.2) is 11.6 Å². The van der Waals surface area contributed by atoms with Gasteiger partial charge in [-0.25, -0.2) is 17.6 Å². The molecule has 2 aromatic carbocycles. The highest BCUT2D eigenvalue weighted by Gasteiger charge is 2.48. The first-order valence-electron chi connectivity index (χ1n) is 13.4. The minimum Gasteiger partial charge on any atom is -0.489 e. The predicted octanol–water partition coefficient (Wildman–Crippen LogP) is 6.11. The van der Waals surface area contributed by atoms with Crippen molar-refractivity contribution in [2.45, 2.75) is 44.2 Å². The number of rotatable bonds is 8. The predicted molar refractivity (Wildman–Crippen MR) is 135 cm³/mol. The summed E-state index contributed by atoms with van der Waals surface area (Å²) in [5.74, 6) is -4.38. The number of nitrogens with one attached hydrogen (secondary N) is 1. The zero-order chi connectivity index (χ0) is 26.6. The molecule has 3 aromatic rings. The van der Waals surface area contributed by atoms with Crippen LogP contribution in [0.1, 0.15) is 42.6 Å². The summed E-state index contributed by atoms with van der Waals surface area (Å²) in [7, 11) is 0. The van der Waals surface area contributed by atoms with E-state index in [-0.39, 0.29) is 55.3 Å². The number of fused-ring (bicyclic) bond motifs is 3. The third-order valence-electron chi connectivity index (χ3n) is 8.44. The summed E-state index contributed by atoms with van der Waals surface area (Å²) in [5.41, 5.74) is 2.44. The van der Waals surface area contributed by atoms with E-state index in [1.165, 1.54) is 12.1 Å². The number of ether oxygens (including phenoxy) is 1. The number of nitrogens with zero attached hydrogens (tertiary/aromatic N) is 2. The number of hydrogen-bond acceptors (Lipinski definition) is 3. The lowest BCUT2D eigenvalue weighted by Gasteiger charge is -2.46. The van der Waals surface area contributed by atoms with Crippen LogP contribution in [0, 0.1) is 23.5 Å². The smallest absolute Gasteiger partial charge is 0.248 e. The van der Waals surface area contributed by atoms with Crippen molar-refractivity contribution in [3.05, 3.63) is 64.9 Å². The van der Waals surface area contributed by atoms with E-state index in [9.17, 15) is 13.2 Å². The molecular formula is C29H32F5N3O. The largest absolute Gasteiger partial charge is 0.489 e. The number of alkyl halides is 3. The summed E-state index contributed by atoms with van der Waals surface area (Å²) in [6, 6.07) is 9.35. The third kappa shape index (κ3) is 4.57. The molecule has 1 saturated carbocycles. The number of halogens is 5. The van der Waals surface area contributed by atoms with Gasteiger partial charge in [0, 0.05) is 67.6 Å². The van der Waals surface area contributed by atoms with Crippen molar-refractivity contribution < 1.29 is 26.7 Å². The molecule has 1 aliphatic carbocycles. The highest BCUT2D eigenvalue weighted by Crippen LogP contribution is 2.48. The first-order chi connectivity index (χ1) is 18.2. The fraction of sp³-hybridized carbons (Fsp3) is 0.517. The van der Waals surface area contributed by atoms with Crippen molar-refractivity contribution >= 4 is 10.9 Å². The van der Waals surface area contributed by atoms with E-state index in [2.05, 4.69) is 4.98 Å². The molecule has 0 spiro atoms. The van der Waals surface area contributed by atoms with Gasteiger partial charge in [-0.1, -0.05) is 18.2 Å². The van der Waals surface area contributed by atoms with Crippen molar-refractivity contribution in [1.29, 1.82) is 0 Å². The van der Waals surface area contributed by atoms with Crippen LogP contribution in [0.2, 0.25) is 0 Å². The molecule has 3 aliphatic rings. The Bertz CT molecular complexity index is 1310. The third-order valence-corrected chi connectivity index (χ3v) is 8.44. The molecule has 1 saturated heterocycles. The summed E-state index contributed by atoms with van der Waals surface area (Å²) in [6.45, 7) is 3.98. The lowest BCUT2D eigenvalue weighted by atomic mass is 9.79. The molecule has 0 radical (unpaired) electrons. The van der Waals surface area contributed by atoms with E-state index >= 15 is 8.78 Å². The van der Waals surface area contributed by atoms with Crippen molar-refractivity contribution in [3.8, 4) is 5.75 Å². The van der Waals surface area contributed by atoms with Gasteiger partial charge in [0.05, 0.1) is 18.3 Å². The molecule has 38 heavy (non-hydrogen) atoms. The van der Waals surface area contributed by atoms with Crippen LogP contribution in [0.5, 0.6) is 5.75 Å². The van der Waals surface area contributed by atoms with Gasteiger partial charge in [-0.15, -0.1) is 0 Å². The zero-order valence-electron chi connectivity index (χ0n) is 21.3. The molecular weight excluding hydrogens is 501 g/mol. The second kappa shape index (κ2) is 9.83. The van der Waals surface area contributed by atoms with E-state index in [1.54, 1.807) is 0 Å². The maximum absolute atomic E-state index is 16.1. The monoisotopic (exact) mass is 533 g/mol. The van der Waals surface area contributed by atoms with Crippen LogP contribution < -0.4 is 4.74 Å². The van der Waals surface area contributed by atoms with Gasteiger partial charge in [-0.2, -0.15) is 0 Å². The SMILES string of the molecule is C[C@@H]1Cc2c([nH]c3ccccc23)[C@@H](c2c(F)ccc(OCCN3CC(CF)C3)c2F)N1CC1CC(F)(F)C1. The molecule has 204 valence electrons. The van der Waals surface area contributed by atoms with Gasteiger partial charge in [0.1, 0.15) is 12.4 Å². The normalized spacial score (nSPS) is 24.3. The summed E-state index contributed by atoms with van der Waals surface area (Å²) in [6.07, 6.45) is 0.223. The molecule has 1 N–H and O–H groups in total.